The molecular weight excluding hydrogens is 210 g/mol. The van der Waals surface area contributed by atoms with E-state index in [9.17, 15) is 0 Å². The molecule has 1 aromatic carbocycles. The highest BCUT2D eigenvalue weighted by molar-refractivity contribution is 5.25. The molecule has 2 N–H and O–H groups in total. The lowest BCUT2D eigenvalue weighted by Gasteiger charge is -2.36. The highest BCUT2D eigenvalue weighted by Gasteiger charge is 2.31. The molecule has 2 nitrogen and oxygen atoms in total. The lowest BCUT2D eigenvalue weighted by Crippen LogP contribution is -2.45. The Kier molecular flexibility index (Phi) is 5.16. The predicted octanol–water partition coefficient (Wildman–Crippen LogP) is 2.96. The molecule has 0 fully saturated rings. The first-order valence-electron chi connectivity index (χ1n) is 6.30. The topological polar surface area (TPSA) is 35.2 Å². The van der Waals surface area contributed by atoms with Crippen molar-refractivity contribution in [1.29, 1.82) is 0 Å². The summed E-state index contributed by atoms with van der Waals surface area (Å²) in [5.41, 5.74) is 7.71. The van der Waals surface area contributed by atoms with E-state index >= 15 is 0 Å². The van der Waals surface area contributed by atoms with Crippen molar-refractivity contribution in [3.05, 3.63) is 35.9 Å². The van der Waals surface area contributed by atoms with Crippen molar-refractivity contribution >= 4 is 0 Å². The van der Waals surface area contributed by atoms with Crippen LogP contribution in [0.2, 0.25) is 0 Å². The van der Waals surface area contributed by atoms with Crippen molar-refractivity contribution in [2.75, 3.05) is 13.7 Å². The largest absolute Gasteiger partial charge is 0.385 e. The smallest absolute Gasteiger partial charge is 0.0465 e. The minimum absolute atomic E-state index is 0.00554. The maximum Gasteiger partial charge on any atom is 0.0465 e. The summed E-state index contributed by atoms with van der Waals surface area (Å²) in [4.78, 5) is 0. The van der Waals surface area contributed by atoms with Gasteiger partial charge in [-0.1, -0.05) is 51.1 Å². The number of benzene rings is 1. The predicted molar refractivity (Wildman–Crippen MR) is 73.1 cm³/mol. The average Bonchev–Trinajstić information content (AvgIpc) is 2.36. The third-order valence-corrected chi connectivity index (χ3v) is 3.74. The van der Waals surface area contributed by atoms with E-state index in [1.54, 1.807) is 7.11 Å². The van der Waals surface area contributed by atoms with Crippen LogP contribution in [0.25, 0.3) is 0 Å². The van der Waals surface area contributed by atoms with Crippen LogP contribution in [-0.2, 0) is 10.2 Å². The molecule has 0 saturated carbocycles. The molecule has 0 saturated heterocycles. The van der Waals surface area contributed by atoms with Crippen LogP contribution in [-0.4, -0.2) is 19.8 Å². The summed E-state index contributed by atoms with van der Waals surface area (Å²) in [5, 5.41) is 0. The van der Waals surface area contributed by atoms with Crippen molar-refractivity contribution in [2.24, 2.45) is 11.7 Å². The molecular formula is C15H25NO. The van der Waals surface area contributed by atoms with E-state index < -0.39 is 0 Å². The average molecular weight is 235 g/mol. The Hall–Kier alpha value is -0.860. The van der Waals surface area contributed by atoms with Gasteiger partial charge in [0, 0.05) is 25.2 Å². The van der Waals surface area contributed by atoms with Gasteiger partial charge in [-0.15, -0.1) is 0 Å². The van der Waals surface area contributed by atoms with Gasteiger partial charge in [0.05, 0.1) is 0 Å². The molecule has 0 aromatic heterocycles. The number of nitrogens with two attached hydrogens (primary N) is 1. The van der Waals surface area contributed by atoms with Crippen LogP contribution >= 0.6 is 0 Å². The molecule has 0 heterocycles. The number of methoxy groups -OCH3 is 1. The summed E-state index contributed by atoms with van der Waals surface area (Å²) in [6, 6.07) is 10.6. The quantitative estimate of drug-likeness (QED) is 0.822. The molecule has 17 heavy (non-hydrogen) atoms. The van der Waals surface area contributed by atoms with Gasteiger partial charge in [-0.3, -0.25) is 0 Å². The standard InChI is InChI=1S/C15H25NO/c1-12(10-11-17-4)14(16)15(2,3)13-8-6-5-7-9-13/h5-9,12,14H,10-11,16H2,1-4H3. The molecule has 0 aliphatic carbocycles. The van der Waals surface area contributed by atoms with E-state index in [4.69, 9.17) is 10.5 Å². The van der Waals surface area contributed by atoms with Gasteiger partial charge in [-0.2, -0.15) is 0 Å². The summed E-state index contributed by atoms with van der Waals surface area (Å²) in [5.74, 6) is 0.449. The molecule has 2 unspecified atom stereocenters. The molecule has 0 bridgehead atoms. The van der Waals surface area contributed by atoms with Gasteiger partial charge in [-0.25, -0.2) is 0 Å². The SMILES string of the molecule is COCCC(C)C(N)C(C)(C)c1ccccc1. The zero-order chi connectivity index (χ0) is 12.9. The van der Waals surface area contributed by atoms with Gasteiger partial charge in [0.2, 0.25) is 0 Å². The molecule has 0 aliphatic rings. The molecule has 2 heteroatoms. The summed E-state index contributed by atoms with van der Waals surface area (Å²) in [7, 11) is 1.74. The summed E-state index contributed by atoms with van der Waals surface area (Å²) in [6.07, 6.45) is 1.01. The van der Waals surface area contributed by atoms with Crippen molar-refractivity contribution in [2.45, 2.75) is 38.6 Å². The molecule has 2 atom stereocenters. The van der Waals surface area contributed by atoms with Gasteiger partial charge >= 0.3 is 0 Å². The van der Waals surface area contributed by atoms with E-state index in [1.165, 1.54) is 5.56 Å². The van der Waals surface area contributed by atoms with Crippen LogP contribution in [0.15, 0.2) is 30.3 Å². The highest BCUT2D eigenvalue weighted by atomic mass is 16.5. The first kappa shape index (κ1) is 14.2. The second-order valence-corrected chi connectivity index (χ2v) is 5.37. The second-order valence-electron chi connectivity index (χ2n) is 5.37. The van der Waals surface area contributed by atoms with Crippen LogP contribution in [0.3, 0.4) is 0 Å². The summed E-state index contributed by atoms with van der Waals surface area (Å²) < 4.78 is 5.13. The van der Waals surface area contributed by atoms with Gasteiger partial charge in [0.15, 0.2) is 0 Å². The molecule has 96 valence electrons. The van der Waals surface area contributed by atoms with E-state index in [0.29, 0.717) is 5.92 Å². The van der Waals surface area contributed by atoms with Crippen molar-refractivity contribution in [3.63, 3.8) is 0 Å². The van der Waals surface area contributed by atoms with Crippen LogP contribution in [0.5, 0.6) is 0 Å². The van der Waals surface area contributed by atoms with E-state index in [1.807, 2.05) is 6.07 Å². The molecule has 1 rings (SSSR count). The number of hydrogen-bond acceptors (Lipinski definition) is 2. The van der Waals surface area contributed by atoms with Crippen LogP contribution in [0, 0.1) is 5.92 Å². The molecule has 1 aromatic rings. The highest BCUT2D eigenvalue weighted by Crippen LogP contribution is 2.30. The molecule has 0 spiro atoms. The normalized spacial score (nSPS) is 15.6. The van der Waals surface area contributed by atoms with Crippen LogP contribution < -0.4 is 5.73 Å². The number of ether oxygens (including phenoxy) is 1. The fraction of sp³-hybridized carbons (Fsp3) is 0.600. The van der Waals surface area contributed by atoms with Crippen molar-refractivity contribution in [1.82, 2.24) is 0 Å². The van der Waals surface area contributed by atoms with Crippen molar-refractivity contribution < 1.29 is 4.74 Å². The Bertz CT molecular complexity index is 321. The summed E-state index contributed by atoms with van der Waals surface area (Å²) in [6.45, 7) is 7.42. The van der Waals surface area contributed by atoms with E-state index in [0.717, 1.165) is 13.0 Å². The van der Waals surface area contributed by atoms with Crippen LogP contribution in [0.1, 0.15) is 32.8 Å². The maximum atomic E-state index is 6.41. The van der Waals surface area contributed by atoms with Gasteiger partial charge in [-0.05, 0) is 17.9 Å². The van der Waals surface area contributed by atoms with E-state index in [2.05, 4.69) is 45.0 Å². The maximum absolute atomic E-state index is 6.41. The third-order valence-electron chi connectivity index (χ3n) is 3.74. The lowest BCUT2D eigenvalue weighted by molar-refractivity contribution is 0.164. The fourth-order valence-corrected chi connectivity index (χ4v) is 2.25. The van der Waals surface area contributed by atoms with Crippen LogP contribution in [0.4, 0.5) is 0 Å². The Morgan fingerprint density at radius 2 is 1.82 bits per heavy atom. The zero-order valence-electron chi connectivity index (χ0n) is 11.4. The third kappa shape index (κ3) is 3.55. The Morgan fingerprint density at radius 1 is 1.24 bits per heavy atom. The first-order valence-corrected chi connectivity index (χ1v) is 6.30. The Morgan fingerprint density at radius 3 is 2.35 bits per heavy atom. The van der Waals surface area contributed by atoms with E-state index in [-0.39, 0.29) is 11.5 Å². The molecule has 0 amide bonds. The van der Waals surface area contributed by atoms with Gasteiger partial charge < -0.3 is 10.5 Å². The fourth-order valence-electron chi connectivity index (χ4n) is 2.25. The monoisotopic (exact) mass is 235 g/mol. The van der Waals surface area contributed by atoms with Crippen molar-refractivity contribution in [3.8, 4) is 0 Å². The number of rotatable bonds is 6. The Balaban J connectivity index is 2.76. The first-order chi connectivity index (χ1) is 8.00. The second kappa shape index (κ2) is 6.18. The lowest BCUT2D eigenvalue weighted by atomic mass is 9.73. The number of hydrogen-bond donors (Lipinski definition) is 1. The minimum Gasteiger partial charge on any atom is -0.385 e. The molecule has 0 radical (unpaired) electrons. The molecule has 0 aliphatic heterocycles. The van der Waals surface area contributed by atoms with Gasteiger partial charge in [0.25, 0.3) is 0 Å². The minimum atomic E-state index is -0.00554. The zero-order valence-corrected chi connectivity index (χ0v) is 11.4. The summed E-state index contributed by atoms with van der Waals surface area (Å²) >= 11 is 0. The van der Waals surface area contributed by atoms with Gasteiger partial charge in [0.1, 0.15) is 0 Å². The Labute approximate surface area is 105 Å².